The summed E-state index contributed by atoms with van der Waals surface area (Å²) in [6.45, 7) is 6.14. The van der Waals surface area contributed by atoms with Gasteiger partial charge in [-0.05, 0) is 55.0 Å². The van der Waals surface area contributed by atoms with E-state index in [1.807, 2.05) is 37.3 Å². The summed E-state index contributed by atoms with van der Waals surface area (Å²) in [5, 5.41) is 11.6. The third-order valence-electron chi connectivity index (χ3n) is 7.14. The summed E-state index contributed by atoms with van der Waals surface area (Å²) in [7, 11) is 0. The van der Waals surface area contributed by atoms with Gasteiger partial charge in [-0.1, -0.05) is 33.6 Å². The van der Waals surface area contributed by atoms with Crippen molar-refractivity contribution in [3.63, 3.8) is 0 Å². The average molecular weight is 598 g/mol. The highest BCUT2D eigenvalue weighted by Crippen LogP contribution is 2.43. The molecule has 0 spiro atoms. The molecule has 0 radical (unpaired) electrons. The lowest BCUT2D eigenvalue weighted by atomic mass is 9.98. The molecule has 0 saturated carbocycles. The van der Waals surface area contributed by atoms with Crippen LogP contribution in [0.4, 0.5) is 5.69 Å². The second kappa shape index (κ2) is 10.3. The summed E-state index contributed by atoms with van der Waals surface area (Å²) in [5.41, 5.74) is 4.53. The Kier molecular flexibility index (Phi) is 6.82. The first kappa shape index (κ1) is 25.2. The molecule has 9 heteroatoms. The zero-order valence-electron chi connectivity index (χ0n) is 20.8. The van der Waals surface area contributed by atoms with Crippen molar-refractivity contribution in [1.29, 1.82) is 0 Å². The first-order chi connectivity index (χ1) is 18.4. The van der Waals surface area contributed by atoms with Crippen LogP contribution in [0.2, 0.25) is 5.02 Å². The highest BCUT2D eigenvalue weighted by molar-refractivity contribution is 9.10. The normalized spacial score (nSPS) is 18.2. The topological polar surface area (TPSA) is 71.5 Å². The molecule has 3 aliphatic rings. The number of halogens is 2. The fourth-order valence-corrected chi connectivity index (χ4v) is 5.96. The van der Waals surface area contributed by atoms with Gasteiger partial charge >= 0.3 is 0 Å². The third kappa shape index (κ3) is 4.78. The Bertz CT molecular complexity index is 1470. The average Bonchev–Trinajstić information content (AvgIpc) is 3.23. The fourth-order valence-electron chi connectivity index (χ4n) is 5.25. The Balaban J connectivity index is 1.25. The summed E-state index contributed by atoms with van der Waals surface area (Å²) in [6, 6.07) is 13.4. The van der Waals surface area contributed by atoms with E-state index in [4.69, 9.17) is 25.8 Å². The van der Waals surface area contributed by atoms with Crippen LogP contribution in [0, 0.1) is 6.92 Å². The van der Waals surface area contributed by atoms with Crippen molar-refractivity contribution in [2.75, 3.05) is 37.9 Å². The van der Waals surface area contributed by atoms with E-state index >= 15 is 0 Å². The van der Waals surface area contributed by atoms with Gasteiger partial charge in [0, 0.05) is 59.0 Å². The maximum atomic E-state index is 13.5. The summed E-state index contributed by atoms with van der Waals surface area (Å²) in [5.74, 6) is 1.25. The molecule has 0 bridgehead atoms. The van der Waals surface area contributed by atoms with Crippen molar-refractivity contribution in [2.24, 2.45) is 0 Å². The first-order valence-electron chi connectivity index (χ1n) is 12.4. The Morgan fingerprint density at radius 1 is 1.11 bits per heavy atom. The molecule has 3 aliphatic heterocycles. The van der Waals surface area contributed by atoms with Gasteiger partial charge in [-0.3, -0.25) is 9.69 Å². The Hall–Kier alpha value is -3.04. The minimum absolute atomic E-state index is 0.132. The van der Waals surface area contributed by atoms with Crippen molar-refractivity contribution < 1.29 is 24.1 Å². The lowest BCUT2D eigenvalue weighted by Crippen LogP contribution is -2.46. The molecule has 3 aromatic carbocycles. The number of nitrogens with zero attached hydrogens (tertiary/aromatic N) is 2. The second-order valence-corrected chi connectivity index (χ2v) is 11.0. The zero-order valence-corrected chi connectivity index (χ0v) is 23.1. The smallest absolute Gasteiger partial charge is 0.232 e. The van der Waals surface area contributed by atoms with Crippen LogP contribution < -0.4 is 14.4 Å². The van der Waals surface area contributed by atoms with E-state index in [0.29, 0.717) is 41.3 Å². The van der Waals surface area contributed by atoms with Crippen LogP contribution in [0.3, 0.4) is 0 Å². The number of phenols is 1. The number of Topliss-reactive ketones (excluding diaryl/α,β-unsaturated/α-hetero) is 1. The Morgan fingerprint density at radius 3 is 2.71 bits per heavy atom. The maximum Gasteiger partial charge on any atom is 0.232 e. The molecule has 1 fully saturated rings. The van der Waals surface area contributed by atoms with Gasteiger partial charge in [0.05, 0.1) is 17.7 Å². The number of carbonyl (C=O) groups is 1. The van der Waals surface area contributed by atoms with Crippen LogP contribution in [0.15, 0.2) is 52.7 Å². The number of fused-ring (bicyclic) bond motifs is 2. The quantitative estimate of drug-likeness (QED) is 0.374. The van der Waals surface area contributed by atoms with E-state index in [9.17, 15) is 9.90 Å². The van der Waals surface area contributed by atoms with Crippen LogP contribution in [0.5, 0.6) is 17.2 Å². The van der Waals surface area contributed by atoms with Gasteiger partial charge in [0.25, 0.3) is 0 Å². The summed E-state index contributed by atoms with van der Waals surface area (Å²) < 4.78 is 18.2. The van der Waals surface area contributed by atoms with Crippen LogP contribution in [0.1, 0.15) is 32.6 Å². The molecule has 3 heterocycles. The van der Waals surface area contributed by atoms with Crippen LogP contribution >= 0.6 is 27.5 Å². The highest BCUT2D eigenvalue weighted by atomic mass is 79.9. The Morgan fingerprint density at radius 2 is 1.92 bits per heavy atom. The predicted octanol–water partition coefficient (Wildman–Crippen LogP) is 5.92. The number of phenolic OH excluding ortho intramolecular Hbond substituents is 1. The molecule has 0 unspecified atom stereocenters. The number of aryl methyl sites for hydroxylation is 1. The number of aromatic hydroxyl groups is 1. The van der Waals surface area contributed by atoms with Crippen molar-refractivity contribution in [3.05, 3.63) is 85.5 Å². The standard InChI is InChI=1S/C29H26BrClN2O5/c1-17-9-24(34)23(14-32-5-7-33(8-6-32)22-4-2-3-21(31)13-22)29-26(17)27(35)25(38-29)12-18-10-20(30)11-19-15-36-16-37-28(18)19/h2-4,9-13,34H,5-8,14-16H2,1H3/b25-12-. The van der Waals surface area contributed by atoms with Gasteiger partial charge in [0.15, 0.2) is 12.6 Å². The number of anilines is 1. The zero-order chi connectivity index (χ0) is 26.4. The first-order valence-corrected chi connectivity index (χ1v) is 13.6. The number of ketones is 1. The van der Waals surface area contributed by atoms with Crippen LogP contribution in [0.25, 0.3) is 6.08 Å². The number of rotatable bonds is 4. The molecule has 0 aliphatic carbocycles. The molecule has 0 atom stereocenters. The molecule has 6 rings (SSSR count). The number of carbonyl (C=O) groups excluding carboxylic acids is 1. The van der Waals surface area contributed by atoms with E-state index < -0.39 is 0 Å². The Labute approximate surface area is 234 Å². The molecule has 3 aromatic rings. The second-order valence-electron chi connectivity index (χ2n) is 9.67. The van der Waals surface area contributed by atoms with Crippen molar-refractivity contribution in [2.45, 2.75) is 20.1 Å². The van der Waals surface area contributed by atoms with E-state index in [1.54, 1.807) is 12.1 Å². The number of benzene rings is 3. The number of ether oxygens (including phenoxy) is 3. The lowest BCUT2D eigenvalue weighted by molar-refractivity contribution is -0.0165. The molecule has 0 aromatic heterocycles. The van der Waals surface area contributed by atoms with Gasteiger partial charge in [0.2, 0.25) is 5.78 Å². The van der Waals surface area contributed by atoms with E-state index in [0.717, 1.165) is 52.5 Å². The lowest BCUT2D eigenvalue weighted by Gasteiger charge is -2.36. The molecule has 0 amide bonds. The number of hydrogen-bond acceptors (Lipinski definition) is 7. The van der Waals surface area contributed by atoms with Gasteiger partial charge in [-0.2, -0.15) is 0 Å². The van der Waals surface area contributed by atoms with Crippen molar-refractivity contribution >= 4 is 45.1 Å². The SMILES string of the molecule is Cc1cc(O)c(CN2CCN(c3cccc(Cl)c3)CC2)c2c1C(=O)/C(=C/c1cc(Br)cc3c1OCOC3)O2. The van der Waals surface area contributed by atoms with Gasteiger partial charge in [-0.25, -0.2) is 0 Å². The number of allylic oxidation sites excluding steroid dienone is 1. The highest BCUT2D eigenvalue weighted by Gasteiger charge is 2.34. The molecule has 196 valence electrons. The van der Waals surface area contributed by atoms with Crippen molar-refractivity contribution in [3.8, 4) is 17.2 Å². The minimum atomic E-state index is -0.203. The molecular formula is C29H26BrClN2O5. The van der Waals surface area contributed by atoms with Gasteiger partial charge < -0.3 is 24.2 Å². The van der Waals surface area contributed by atoms with E-state index in [-0.39, 0.29) is 24.1 Å². The van der Waals surface area contributed by atoms with E-state index in [2.05, 4.69) is 31.8 Å². The molecule has 7 nitrogen and oxygen atoms in total. The minimum Gasteiger partial charge on any atom is -0.507 e. The third-order valence-corrected chi connectivity index (χ3v) is 7.83. The molecule has 38 heavy (non-hydrogen) atoms. The summed E-state index contributed by atoms with van der Waals surface area (Å²) in [4.78, 5) is 18.0. The van der Waals surface area contributed by atoms with E-state index in [1.165, 1.54) is 0 Å². The summed E-state index contributed by atoms with van der Waals surface area (Å²) >= 11 is 9.71. The number of piperazine rings is 1. The largest absolute Gasteiger partial charge is 0.507 e. The summed E-state index contributed by atoms with van der Waals surface area (Å²) in [6.07, 6.45) is 1.71. The van der Waals surface area contributed by atoms with Gasteiger partial charge in [0.1, 0.15) is 17.2 Å². The molecule has 1 saturated heterocycles. The fraction of sp³-hybridized carbons (Fsp3) is 0.276. The van der Waals surface area contributed by atoms with Crippen LogP contribution in [-0.2, 0) is 17.9 Å². The molecule has 1 N–H and O–H groups in total. The van der Waals surface area contributed by atoms with Gasteiger partial charge in [-0.15, -0.1) is 0 Å². The monoisotopic (exact) mass is 596 g/mol. The predicted molar refractivity (Wildman–Crippen MR) is 149 cm³/mol. The maximum absolute atomic E-state index is 13.5. The molecular weight excluding hydrogens is 572 g/mol. The van der Waals surface area contributed by atoms with Crippen LogP contribution in [-0.4, -0.2) is 48.8 Å². The van der Waals surface area contributed by atoms with Crippen molar-refractivity contribution in [1.82, 2.24) is 4.90 Å². The number of hydrogen-bond donors (Lipinski definition) is 1.